The maximum Gasteiger partial charge on any atom is 0.350 e. The molecule has 144 valence electrons. The van der Waals surface area contributed by atoms with E-state index in [9.17, 15) is 9.59 Å². The van der Waals surface area contributed by atoms with Gasteiger partial charge in [-0.3, -0.25) is 13.6 Å². The lowest BCUT2D eigenvalue weighted by Crippen LogP contribution is -2.21. The molecule has 8 nitrogen and oxygen atoms in total. The van der Waals surface area contributed by atoms with Gasteiger partial charge in [-0.15, -0.1) is 5.10 Å². The predicted octanol–water partition coefficient (Wildman–Crippen LogP) is 2.81. The molecule has 1 N–H and O–H groups in total. The molecule has 4 aromatic heterocycles. The van der Waals surface area contributed by atoms with Crippen LogP contribution >= 0.6 is 11.3 Å². The lowest BCUT2D eigenvalue weighted by molar-refractivity contribution is 0.102. The van der Waals surface area contributed by atoms with Crippen LogP contribution in [0.4, 0.5) is 5.69 Å². The Balaban J connectivity index is 1.40. The molecule has 0 aliphatic carbocycles. The van der Waals surface area contributed by atoms with Gasteiger partial charge >= 0.3 is 5.69 Å². The van der Waals surface area contributed by atoms with Crippen LogP contribution in [0.2, 0.25) is 0 Å². The highest BCUT2D eigenvalue weighted by molar-refractivity contribution is 7.19. The predicted molar refractivity (Wildman–Crippen MR) is 111 cm³/mol. The molecule has 0 bridgehead atoms. The first-order valence-corrected chi connectivity index (χ1v) is 9.79. The van der Waals surface area contributed by atoms with Gasteiger partial charge in [0.05, 0.1) is 6.54 Å². The van der Waals surface area contributed by atoms with Crippen LogP contribution < -0.4 is 11.0 Å². The van der Waals surface area contributed by atoms with Crippen molar-refractivity contribution in [3.8, 4) is 0 Å². The summed E-state index contributed by atoms with van der Waals surface area (Å²) in [6.45, 7) is 2.21. The molecule has 0 aliphatic rings. The normalized spacial score (nSPS) is 11.3. The number of thiazole rings is 1. The Morgan fingerprint density at radius 1 is 1.14 bits per heavy atom. The number of hydrogen-bond donors (Lipinski definition) is 1. The summed E-state index contributed by atoms with van der Waals surface area (Å²) in [7, 11) is 0. The molecule has 0 saturated heterocycles. The van der Waals surface area contributed by atoms with Gasteiger partial charge in [-0.1, -0.05) is 29.5 Å². The number of benzene rings is 1. The quantitative estimate of drug-likeness (QED) is 0.499. The van der Waals surface area contributed by atoms with Crippen molar-refractivity contribution in [2.24, 2.45) is 0 Å². The fraction of sp³-hybridized carbons (Fsp3) is 0.100. The van der Waals surface area contributed by atoms with Crippen molar-refractivity contribution in [2.75, 3.05) is 5.32 Å². The first kappa shape index (κ1) is 17.4. The van der Waals surface area contributed by atoms with Crippen LogP contribution in [0.25, 0.3) is 10.6 Å². The number of fused-ring (bicyclic) bond motifs is 2. The molecule has 0 saturated carbocycles. The zero-order chi connectivity index (χ0) is 20.0. The van der Waals surface area contributed by atoms with Crippen molar-refractivity contribution in [1.82, 2.24) is 23.6 Å². The standard InChI is InChI=1S/C20H16N6O2S/c1-13-17(29-19-21-8-10-24(13)19)18(27)22-15-6-4-5-14(11-15)12-26-20(28)25-9-3-2-7-16(25)23-26/h2-11H,12H2,1H3,(H,22,27). The third-order valence-electron chi connectivity index (χ3n) is 4.70. The fourth-order valence-corrected chi connectivity index (χ4v) is 4.27. The minimum absolute atomic E-state index is 0.181. The Morgan fingerprint density at radius 3 is 2.86 bits per heavy atom. The summed E-state index contributed by atoms with van der Waals surface area (Å²) in [5, 5.41) is 7.28. The zero-order valence-corrected chi connectivity index (χ0v) is 16.3. The van der Waals surface area contributed by atoms with Gasteiger partial charge in [-0.25, -0.2) is 14.5 Å². The van der Waals surface area contributed by atoms with E-state index in [1.807, 2.05) is 47.9 Å². The van der Waals surface area contributed by atoms with Crippen LogP contribution in [0.5, 0.6) is 0 Å². The molecule has 0 fully saturated rings. The number of amides is 1. The van der Waals surface area contributed by atoms with Crippen LogP contribution in [-0.4, -0.2) is 29.5 Å². The van der Waals surface area contributed by atoms with Crippen molar-refractivity contribution in [1.29, 1.82) is 0 Å². The van der Waals surface area contributed by atoms with Crippen molar-refractivity contribution < 1.29 is 4.79 Å². The second-order valence-corrected chi connectivity index (χ2v) is 7.60. The molecule has 4 heterocycles. The number of carbonyl (C=O) groups excluding carboxylic acids is 1. The molecular weight excluding hydrogens is 388 g/mol. The average Bonchev–Trinajstić information content (AvgIpc) is 3.39. The highest BCUT2D eigenvalue weighted by atomic mass is 32.1. The summed E-state index contributed by atoms with van der Waals surface area (Å²) in [6.07, 6.45) is 5.24. The van der Waals surface area contributed by atoms with Crippen molar-refractivity contribution in [3.05, 3.63) is 87.7 Å². The van der Waals surface area contributed by atoms with Gasteiger partial charge in [0.1, 0.15) is 4.88 Å². The number of rotatable bonds is 4. The molecule has 0 radical (unpaired) electrons. The summed E-state index contributed by atoms with van der Waals surface area (Å²) in [5.41, 5.74) is 2.78. The first-order valence-electron chi connectivity index (χ1n) is 8.97. The lowest BCUT2D eigenvalue weighted by Gasteiger charge is -2.07. The molecule has 0 aliphatic heterocycles. The number of anilines is 1. The highest BCUT2D eigenvalue weighted by Crippen LogP contribution is 2.23. The summed E-state index contributed by atoms with van der Waals surface area (Å²) in [6, 6.07) is 12.8. The van der Waals surface area contributed by atoms with Gasteiger partial charge in [-0.05, 0) is 36.8 Å². The second-order valence-electron chi connectivity index (χ2n) is 6.62. The molecule has 29 heavy (non-hydrogen) atoms. The lowest BCUT2D eigenvalue weighted by atomic mass is 10.2. The van der Waals surface area contributed by atoms with E-state index in [-0.39, 0.29) is 11.6 Å². The number of aryl methyl sites for hydroxylation is 1. The van der Waals surface area contributed by atoms with Crippen LogP contribution in [0.15, 0.2) is 65.8 Å². The largest absolute Gasteiger partial charge is 0.350 e. The fourth-order valence-electron chi connectivity index (χ4n) is 3.29. The summed E-state index contributed by atoms with van der Waals surface area (Å²) in [4.78, 5) is 30.8. The molecule has 9 heteroatoms. The Hall–Kier alpha value is -3.72. The molecule has 5 rings (SSSR count). The van der Waals surface area contributed by atoms with Crippen LogP contribution in [0.3, 0.4) is 0 Å². The van der Waals surface area contributed by atoms with E-state index < -0.39 is 0 Å². The van der Waals surface area contributed by atoms with E-state index >= 15 is 0 Å². The zero-order valence-electron chi connectivity index (χ0n) is 15.4. The van der Waals surface area contributed by atoms with Crippen molar-refractivity contribution in [2.45, 2.75) is 13.5 Å². The number of nitrogens with zero attached hydrogens (tertiary/aromatic N) is 5. The van der Waals surface area contributed by atoms with Gasteiger partial charge in [0.25, 0.3) is 5.91 Å². The summed E-state index contributed by atoms with van der Waals surface area (Å²) < 4.78 is 4.81. The van der Waals surface area contributed by atoms with Crippen molar-refractivity contribution in [3.63, 3.8) is 0 Å². The molecule has 5 aromatic rings. The van der Waals surface area contributed by atoms with Crippen LogP contribution in [0.1, 0.15) is 20.9 Å². The van der Waals surface area contributed by atoms with E-state index in [2.05, 4.69) is 15.4 Å². The average molecular weight is 404 g/mol. The number of aromatic nitrogens is 5. The Labute approximate surface area is 168 Å². The Morgan fingerprint density at radius 2 is 2.03 bits per heavy atom. The monoisotopic (exact) mass is 404 g/mol. The van der Waals surface area contributed by atoms with Gasteiger partial charge in [-0.2, -0.15) is 0 Å². The Bertz CT molecular complexity index is 1420. The topological polar surface area (TPSA) is 85.7 Å². The van der Waals surface area contributed by atoms with E-state index in [0.29, 0.717) is 22.8 Å². The second kappa shape index (κ2) is 6.71. The van der Waals surface area contributed by atoms with E-state index in [0.717, 1.165) is 16.2 Å². The molecule has 1 aromatic carbocycles. The molecule has 0 spiro atoms. The maximum atomic E-state index is 12.7. The molecule has 1 amide bonds. The Kier molecular flexibility index (Phi) is 4.02. The maximum absolute atomic E-state index is 12.7. The minimum Gasteiger partial charge on any atom is -0.321 e. The summed E-state index contributed by atoms with van der Waals surface area (Å²) in [5.74, 6) is -0.181. The van der Waals surface area contributed by atoms with Gasteiger partial charge < -0.3 is 5.32 Å². The van der Waals surface area contributed by atoms with Gasteiger partial charge in [0, 0.05) is 30.0 Å². The number of imidazole rings is 1. The smallest absolute Gasteiger partial charge is 0.321 e. The third-order valence-corrected chi connectivity index (χ3v) is 5.87. The number of pyridine rings is 1. The number of carbonyl (C=O) groups is 1. The van der Waals surface area contributed by atoms with Gasteiger partial charge in [0.2, 0.25) is 0 Å². The van der Waals surface area contributed by atoms with E-state index in [4.69, 9.17) is 0 Å². The van der Waals surface area contributed by atoms with Crippen molar-refractivity contribution >= 4 is 33.5 Å². The summed E-state index contributed by atoms with van der Waals surface area (Å²) >= 11 is 1.35. The van der Waals surface area contributed by atoms with E-state index in [1.165, 1.54) is 20.4 Å². The number of hydrogen-bond acceptors (Lipinski definition) is 5. The first-order chi connectivity index (χ1) is 14.1. The SMILES string of the molecule is Cc1c(C(=O)Nc2cccc(Cn3nc4ccccn4c3=O)c2)sc2nccn12. The molecule has 0 unspecified atom stereocenters. The van der Waals surface area contributed by atoms with Gasteiger partial charge in [0.15, 0.2) is 10.6 Å². The third kappa shape index (κ3) is 3.01. The van der Waals surface area contributed by atoms with Crippen LogP contribution in [0, 0.1) is 6.92 Å². The minimum atomic E-state index is -0.201. The molecular formula is C20H16N6O2S. The number of nitrogens with one attached hydrogen (secondary N) is 1. The highest BCUT2D eigenvalue weighted by Gasteiger charge is 2.16. The van der Waals surface area contributed by atoms with Crippen LogP contribution in [-0.2, 0) is 6.54 Å². The molecule has 0 atom stereocenters. The van der Waals surface area contributed by atoms with E-state index in [1.54, 1.807) is 24.5 Å².